The molecule has 0 unspecified atom stereocenters. The first kappa shape index (κ1) is 16.4. The van der Waals surface area contributed by atoms with Crippen molar-refractivity contribution in [2.75, 3.05) is 56.0 Å². The summed E-state index contributed by atoms with van der Waals surface area (Å²) in [6.07, 6.45) is 3.54. The van der Waals surface area contributed by atoms with Gasteiger partial charge in [0.1, 0.15) is 11.6 Å². The van der Waals surface area contributed by atoms with E-state index < -0.39 is 0 Å². The number of nitrogens with one attached hydrogen (secondary N) is 2. The summed E-state index contributed by atoms with van der Waals surface area (Å²) in [5.74, 6) is 2.21. The summed E-state index contributed by atoms with van der Waals surface area (Å²) >= 11 is 0. The van der Waals surface area contributed by atoms with Gasteiger partial charge in [0.05, 0.1) is 31.7 Å². The van der Waals surface area contributed by atoms with Crippen molar-refractivity contribution in [2.24, 2.45) is 0 Å². The van der Waals surface area contributed by atoms with E-state index in [0.717, 1.165) is 49.2 Å². The van der Waals surface area contributed by atoms with E-state index in [1.807, 2.05) is 19.2 Å². The third-order valence-electron chi connectivity index (χ3n) is 3.74. The van der Waals surface area contributed by atoms with Crippen LogP contribution in [0.4, 0.5) is 23.3 Å². The van der Waals surface area contributed by atoms with Crippen molar-refractivity contribution in [1.29, 1.82) is 0 Å². The molecule has 2 aromatic rings. The van der Waals surface area contributed by atoms with E-state index in [9.17, 15) is 0 Å². The van der Waals surface area contributed by atoms with Gasteiger partial charge in [-0.3, -0.25) is 0 Å². The van der Waals surface area contributed by atoms with E-state index in [-0.39, 0.29) is 0 Å². The van der Waals surface area contributed by atoms with Gasteiger partial charge in [0.15, 0.2) is 0 Å². The van der Waals surface area contributed by atoms with E-state index in [1.165, 1.54) is 0 Å². The molecule has 2 N–H and O–H groups in total. The summed E-state index contributed by atoms with van der Waals surface area (Å²) in [5.41, 5.74) is 1.75. The summed E-state index contributed by atoms with van der Waals surface area (Å²) in [6, 6.07) is 3.97. The summed E-state index contributed by atoms with van der Waals surface area (Å²) in [4.78, 5) is 15.5. The molecule has 0 spiro atoms. The van der Waals surface area contributed by atoms with Gasteiger partial charge in [-0.05, 0) is 12.1 Å². The highest BCUT2D eigenvalue weighted by molar-refractivity contribution is 5.57. The maximum absolute atomic E-state index is 5.36. The number of ether oxygens (including phenoxy) is 2. The van der Waals surface area contributed by atoms with Crippen LogP contribution in [0.25, 0.3) is 0 Å². The number of nitrogens with zero attached hydrogens (tertiary/aromatic N) is 4. The average molecular weight is 330 g/mol. The van der Waals surface area contributed by atoms with Crippen LogP contribution in [0, 0.1) is 0 Å². The third-order valence-corrected chi connectivity index (χ3v) is 3.74. The fraction of sp³-hybridized carbons (Fsp3) is 0.438. The van der Waals surface area contributed by atoms with Gasteiger partial charge in [-0.25, -0.2) is 9.97 Å². The molecule has 2 aromatic heterocycles. The molecule has 0 saturated carbocycles. The molecule has 1 saturated heterocycles. The molecule has 0 aromatic carbocycles. The van der Waals surface area contributed by atoms with Crippen LogP contribution in [-0.2, 0) is 16.1 Å². The fourth-order valence-corrected chi connectivity index (χ4v) is 2.51. The summed E-state index contributed by atoms with van der Waals surface area (Å²) in [6.45, 7) is 3.70. The molecular weight excluding hydrogens is 308 g/mol. The van der Waals surface area contributed by atoms with Gasteiger partial charge in [0, 0.05) is 39.0 Å². The second-order valence-electron chi connectivity index (χ2n) is 5.38. The van der Waals surface area contributed by atoms with Crippen molar-refractivity contribution in [3.8, 4) is 0 Å². The molecule has 0 amide bonds. The summed E-state index contributed by atoms with van der Waals surface area (Å²) < 4.78 is 10.5. The molecule has 3 rings (SSSR count). The highest BCUT2D eigenvalue weighted by Gasteiger charge is 2.12. The van der Waals surface area contributed by atoms with E-state index in [1.54, 1.807) is 19.5 Å². The Kier molecular flexibility index (Phi) is 5.39. The predicted octanol–water partition coefficient (Wildman–Crippen LogP) is 1.64. The number of methoxy groups -OCH3 is 1. The van der Waals surface area contributed by atoms with Crippen molar-refractivity contribution < 1.29 is 9.47 Å². The summed E-state index contributed by atoms with van der Waals surface area (Å²) in [5, 5.41) is 6.22. The Morgan fingerprint density at radius 3 is 2.71 bits per heavy atom. The third kappa shape index (κ3) is 3.90. The molecule has 1 aliphatic heterocycles. The lowest BCUT2D eigenvalue weighted by atomic mass is 10.3. The maximum Gasteiger partial charge on any atom is 0.229 e. The Morgan fingerprint density at radius 2 is 2.04 bits per heavy atom. The molecule has 0 aliphatic carbocycles. The van der Waals surface area contributed by atoms with Gasteiger partial charge in [-0.15, -0.1) is 0 Å². The number of rotatable bonds is 6. The summed E-state index contributed by atoms with van der Waals surface area (Å²) in [7, 11) is 3.47. The van der Waals surface area contributed by atoms with Crippen molar-refractivity contribution >= 4 is 23.3 Å². The smallest absolute Gasteiger partial charge is 0.229 e. The molecule has 1 fully saturated rings. The van der Waals surface area contributed by atoms with Crippen LogP contribution in [0.1, 0.15) is 5.56 Å². The van der Waals surface area contributed by atoms with Crippen LogP contribution in [0.2, 0.25) is 0 Å². The maximum atomic E-state index is 5.36. The van der Waals surface area contributed by atoms with Gasteiger partial charge in [-0.2, -0.15) is 4.98 Å². The second kappa shape index (κ2) is 7.89. The van der Waals surface area contributed by atoms with Crippen LogP contribution in [0.3, 0.4) is 0 Å². The van der Waals surface area contributed by atoms with E-state index in [4.69, 9.17) is 9.47 Å². The Morgan fingerprint density at radius 1 is 1.21 bits per heavy atom. The van der Waals surface area contributed by atoms with Crippen molar-refractivity contribution in [2.45, 2.75) is 6.61 Å². The van der Waals surface area contributed by atoms with Crippen molar-refractivity contribution in [1.82, 2.24) is 15.0 Å². The Balaban J connectivity index is 1.69. The van der Waals surface area contributed by atoms with Crippen LogP contribution in [-0.4, -0.2) is 55.4 Å². The molecule has 8 nitrogen and oxygen atoms in total. The monoisotopic (exact) mass is 330 g/mol. The normalized spacial score (nSPS) is 14.5. The molecule has 8 heteroatoms. The Bertz CT molecular complexity index is 658. The number of morpholine rings is 1. The van der Waals surface area contributed by atoms with E-state index >= 15 is 0 Å². The zero-order valence-corrected chi connectivity index (χ0v) is 14.0. The minimum Gasteiger partial charge on any atom is -0.380 e. The molecular formula is C16H22N6O2. The lowest BCUT2D eigenvalue weighted by molar-refractivity contribution is 0.122. The minimum absolute atomic E-state index is 0.465. The average Bonchev–Trinajstić information content (AvgIpc) is 2.64. The highest BCUT2D eigenvalue weighted by Crippen LogP contribution is 2.19. The predicted molar refractivity (Wildman–Crippen MR) is 92.8 cm³/mol. The van der Waals surface area contributed by atoms with Gasteiger partial charge in [0.2, 0.25) is 5.95 Å². The topological polar surface area (TPSA) is 84.4 Å². The lowest BCUT2D eigenvalue weighted by Crippen LogP contribution is -2.36. The molecule has 1 aliphatic rings. The van der Waals surface area contributed by atoms with Gasteiger partial charge >= 0.3 is 0 Å². The van der Waals surface area contributed by atoms with Crippen LogP contribution >= 0.6 is 0 Å². The van der Waals surface area contributed by atoms with Crippen molar-refractivity contribution in [3.63, 3.8) is 0 Å². The molecule has 128 valence electrons. The SMILES string of the molecule is CNc1nc(Nc2ccc(N3CCOCC3)nc2)ncc1COC. The first-order valence-corrected chi connectivity index (χ1v) is 7.88. The van der Waals surface area contributed by atoms with E-state index in [0.29, 0.717) is 12.6 Å². The molecule has 24 heavy (non-hydrogen) atoms. The van der Waals surface area contributed by atoms with Gasteiger partial charge in [0.25, 0.3) is 0 Å². The number of aromatic nitrogens is 3. The highest BCUT2D eigenvalue weighted by atomic mass is 16.5. The van der Waals surface area contributed by atoms with Gasteiger partial charge in [-0.1, -0.05) is 0 Å². The number of hydrogen-bond donors (Lipinski definition) is 2. The lowest BCUT2D eigenvalue weighted by Gasteiger charge is -2.27. The number of anilines is 4. The standard InChI is InChI=1S/C16H22N6O2/c1-17-15-12(11-23-2)9-19-16(21-15)20-13-3-4-14(18-10-13)22-5-7-24-8-6-22/h3-4,9-10H,5-8,11H2,1-2H3,(H2,17,19,20,21). The largest absolute Gasteiger partial charge is 0.380 e. The first-order chi connectivity index (χ1) is 11.8. The quantitative estimate of drug-likeness (QED) is 0.827. The molecule has 0 atom stereocenters. The first-order valence-electron chi connectivity index (χ1n) is 7.88. The second-order valence-corrected chi connectivity index (χ2v) is 5.38. The fourth-order valence-electron chi connectivity index (χ4n) is 2.51. The Labute approximate surface area is 141 Å². The zero-order valence-electron chi connectivity index (χ0n) is 14.0. The number of pyridine rings is 1. The van der Waals surface area contributed by atoms with Crippen LogP contribution in [0.5, 0.6) is 0 Å². The molecule has 0 bridgehead atoms. The zero-order chi connectivity index (χ0) is 16.8. The number of hydrogen-bond acceptors (Lipinski definition) is 8. The van der Waals surface area contributed by atoms with Crippen LogP contribution in [0.15, 0.2) is 24.5 Å². The van der Waals surface area contributed by atoms with E-state index in [2.05, 4.69) is 30.5 Å². The molecule has 3 heterocycles. The van der Waals surface area contributed by atoms with Crippen LogP contribution < -0.4 is 15.5 Å². The van der Waals surface area contributed by atoms with Crippen molar-refractivity contribution in [3.05, 3.63) is 30.1 Å². The Hall–Kier alpha value is -2.45. The minimum atomic E-state index is 0.465. The van der Waals surface area contributed by atoms with Gasteiger partial charge < -0.3 is 25.0 Å². The molecule has 0 radical (unpaired) electrons.